The SMILES string of the molecule is C#CCc1sccc1C. The molecular formula is C8H8S. The van der Waals surface area contributed by atoms with E-state index >= 15 is 0 Å². The van der Waals surface area contributed by atoms with Crippen LogP contribution >= 0.6 is 11.3 Å². The number of hydrogen-bond acceptors (Lipinski definition) is 1. The molecule has 0 N–H and O–H groups in total. The van der Waals surface area contributed by atoms with Gasteiger partial charge in [-0.15, -0.1) is 23.7 Å². The summed E-state index contributed by atoms with van der Waals surface area (Å²) in [6.45, 7) is 2.09. The molecule has 0 radical (unpaired) electrons. The van der Waals surface area contributed by atoms with Gasteiger partial charge >= 0.3 is 0 Å². The van der Waals surface area contributed by atoms with Crippen molar-refractivity contribution in [1.29, 1.82) is 0 Å². The van der Waals surface area contributed by atoms with Crippen molar-refractivity contribution in [2.45, 2.75) is 13.3 Å². The van der Waals surface area contributed by atoms with Crippen LogP contribution in [-0.4, -0.2) is 0 Å². The van der Waals surface area contributed by atoms with Crippen LogP contribution in [0.3, 0.4) is 0 Å². The largest absolute Gasteiger partial charge is 0.148 e. The van der Waals surface area contributed by atoms with Gasteiger partial charge in [0.15, 0.2) is 0 Å². The van der Waals surface area contributed by atoms with Crippen molar-refractivity contribution in [1.82, 2.24) is 0 Å². The summed E-state index contributed by atoms with van der Waals surface area (Å²) in [7, 11) is 0. The average molecular weight is 136 g/mol. The lowest BCUT2D eigenvalue weighted by Crippen LogP contribution is -1.75. The molecule has 0 aliphatic carbocycles. The van der Waals surface area contributed by atoms with E-state index in [1.54, 1.807) is 11.3 Å². The summed E-state index contributed by atoms with van der Waals surface area (Å²) in [4.78, 5) is 1.32. The fourth-order valence-electron chi connectivity index (χ4n) is 0.678. The molecule has 1 heterocycles. The smallest absolute Gasteiger partial charge is 0.0434 e. The molecule has 0 aliphatic rings. The fourth-order valence-corrected chi connectivity index (χ4v) is 1.53. The van der Waals surface area contributed by atoms with Gasteiger partial charge < -0.3 is 0 Å². The predicted molar refractivity (Wildman–Crippen MR) is 41.6 cm³/mol. The molecule has 0 bridgehead atoms. The van der Waals surface area contributed by atoms with Crippen LogP contribution in [0.25, 0.3) is 0 Å². The second-order valence-electron chi connectivity index (χ2n) is 1.91. The van der Waals surface area contributed by atoms with Gasteiger partial charge in [-0.3, -0.25) is 0 Å². The van der Waals surface area contributed by atoms with Crippen LogP contribution < -0.4 is 0 Å². The number of hydrogen-bond donors (Lipinski definition) is 0. The minimum absolute atomic E-state index is 0.781. The first-order valence-electron chi connectivity index (χ1n) is 2.81. The summed E-state index contributed by atoms with van der Waals surface area (Å²) in [5.41, 5.74) is 1.32. The minimum Gasteiger partial charge on any atom is -0.148 e. The third-order valence-electron chi connectivity index (χ3n) is 1.23. The highest BCUT2D eigenvalue weighted by Gasteiger charge is 1.94. The number of thiophene rings is 1. The zero-order valence-corrected chi connectivity index (χ0v) is 6.16. The summed E-state index contributed by atoms with van der Waals surface area (Å²) < 4.78 is 0. The van der Waals surface area contributed by atoms with Crippen LogP contribution in [0.15, 0.2) is 11.4 Å². The second-order valence-corrected chi connectivity index (χ2v) is 2.91. The zero-order valence-electron chi connectivity index (χ0n) is 5.35. The topological polar surface area (TPSA) is 0 Å². The van der Waals surface area contributed by atoms with Gasteiger partial charge in [0.1, 0.15) is 0 Å². The third-order valence-corrected chi connectivity index (χ3v) is 2.25. The Bertz CT molecular complexity index is 227. The lowest BCUT2D eigenvalue weighted by molar-refractivity contribution is 1.33. The van der Waals surface area contributed by atoms with Crippen molar-refractivity contribution in [3.05, 3.63) is 21.9 Å². The van der Waals surface area contributed by atoms with Crippen molar-refractivity contribution in [3.63, 3.8) is 0 Å². The van der Waals surface area contributed by atoms with Gasteiger partial charge in [0.25, 0.3) is 0 Å². The fraction of sp³-hybridized carbons (Fsp3) is 0.250. The first-order chi connectivity index (χ1) is 4.34. The van der Waals surface area contributed by atoms with E-state index in [9.17, 15) is 0 Å². The van der Waals surface area contributed by atoms with Gasteiger partial charge in [0, 0.05) is 11.3 Å². The first-order valence-corrected chi connectivity index (χ1v) is 3.69. The summed E-state index contributed by atoms with van der Waals surface area (Å²) in [6, 6.07) is 2.09. The Balaban J connectivity index is 2.84. The average Bonchev–Trinajstić information content (AvgIpc) is 2.18. The van der Waals surface area contributed by atoms with Crippen molar-refractivity contribution >= 4 is 11.3 Å². The van der Waals surface area contributed by atoms with Crippen molar-refractivity contribution in [2.24, 2.45) is 0 Å². The van der Waals surface area contributed by atoms with Crippen LogP contribution in [0.5, 0.6) is 0 Å². The molecule has 0 nitrogen and oxygen atoms in total. The molecule has 9 heavy (non-hydrogen) atoms. The molecule has 1 aromatic heterocycles. The molecule has 46 valence electrons. The molecular weight excluding hydrogens is 128 g/mol. The van der Waals surface area contributed by atoms with E-state index in [2.05, 4.69) is 24.3 Å². The molecule has 0 fully saturated rings. The highest BCUT2D eigenvalue weighted by atomic mass is 32.1. The third kappa shape index (κ3) is 1.34. The van der Waals surface area contributed by atoms with E-state index in [0.717, 1.165) is 6.42 Å². The van der Waals surface area contributed by atoms with Crippen molar-refractivity contribution in [3.8, 4) is 12.3 Å². The van der Waals surface area contributed by atoms with E-state index < -0.39 is 0 Å². The van der Waals surface area contributed by atoms with Gasteiger partial charge in [-0.05, 0) is 23.9 Å². The molecule has 0 spiro atoms. The molecule has 0 saturated carbocycles. The molecule has 0 saturated heterocycles. The maximum atomic E-state index is 5.15. The van der Waals surface area contributed by atoms with E-state index in [0.29, 0.717) is 0 Å². The summed E-state index contributed by atoms with van der Waals surface area (Å²) in [6.07, 6.45) is 5.93. The Hall–Kier alpha value is -0.740. The highest BCUT2D eigenvalue weighted by molar-refractivity contribution is 7.10. The van der Waals surface area contributed by atoms with Gasteiger partial charge in [0.05, 0.1) is 0 Å². The molecule has 1 heteroatoms. The Morgan fingerprint density at radius 1 is 1.78 bits per heavy atom. The maximum Gasteiger partial charge on any atom is 0.0434 e. The Morgan fingerprint density at radius 2 is 2.56 bits per heavy atom. The van der Waals surface area contributed by atoms with E-state index in [1.165, 1.54) is 10.4 Å². The lowest BCUT2D eigenvalue weighted by atomic mass is 10.2. The highest BCUT2D eigenvalue weighted by Crippen LogP contribution is 2.14. The standard InChI is InChI=1S/C8H8S/c1-3-4-8-7(2)5-6-9-8/h1,5-6H,4H2,2H3. The van der Waals surface area contributed by atoms with Crippen LogP contribution in [0.2, 0.25) is 0 Å². The van der Waals surface area contributed by atoms with E-state index in [-0.39, 0.29) is 0 Å². The van der Waals surface area contributed by atoms with Crippen molar-refractivity contribution in [2.75, 3.05) is 0 Å². The lowest BCUT2D eigenvalue weighted by Gasteiger charge is -1.87. The molecule has 0 unspecified atom stereocenters. The summed E-state index contributed by atoms with van der Waals surface area (Å²) in [5, 5.41) is 2.07. The maximum absolute atomic E-state index is 5.15. The van der Waals surface area contributed by atoms with E-state index in [4.69, 9.17) is 6.42 Å². The Kier molecular flexibility index (Phi) is 1.92. The van der Waals surface area contributed by atoms with Crippen LogP contribution in [0, 0.1) is 19.3 Å². The summed E-state index contributed by atoms with van der Waals surface area (Å²) >= 11 is 1.73. The van der Waals surface area contributed by atoms with Gasteiger partial charge in [-0.1, -0.05) is 0 Å². The van der Waals surface area contributed by atoms with Crippen LogP contribution in [0.1, 0.15) is 10.4 Å². The Morgan fingerprint density at radius 3 is 3.00 bits per heavy atom. The minimum atomic E-state index is 0.781. The van der Waals surface area contributed by atoms with Crippen LogP contribution in [0.4, 0.5) is 0 Å². The summed E-state index contributed by atoms with van der Waals surface area (Å²) in [5.74, 6) is 2.62. The quantitative estimate of drug-likeness (QED) is 0.519. The first kappa shape index (κ1) is 6.38. The number of aryl methyl sites for hydroxylation is 1. The monoisotopic (exact) mass is 136 g/mol. The van der Waals surface area contributed by atoms with Crippen LogP contribution in [-0.2, 0) is 6.42 Å². The van der Waals surface area contributed by atoms with Crippen molar-refractivity contribution < 1.29 is 0 Å². The molecule has 0 aromatic carbocycles. The Labute approximate surface area is 59.5 Å². The molecule has 0 amide bonds. The normalized spacial score (nSPS) is 8.89. The van der Waals surface area contributed by atoms with Gasteiger partial charge in [0.2, 0.25) is 0 Å². The van der Waals surface area contributed by atoms with E-state index in [1.807, 2.05) is 0 Å². The zero-order chi connectivity index (χ0) is 6.69. The predicted octanol–water partition coefficient (Wildman–Crippen LogP) is 2.23. The molecule has 1 aromatic rings. The van der Waals surface area contributed by atoms with Gasteiger partial charge in [-0.2, -0.15) is 0 Å². The molecule has 0 aliphatic heterocycles. The second kappa shape index (κ2) is 2.70. The number of terminal acetylenes is 1. The molecule has 0 atom stereocenters. The molecule has 1 rings (SSSR count). The number of rotatable bonds is 1. The van der Waals surface area contributed by atoms with Gasteiger partial charge in [-0.25, -0.2) is 0 Å².